The van der Waals surface area contributed by atoms with Gasteiger partial charge in [-0.1, -0.05) is 5.21 Å². The summed E-state index contributed by atoms with van der Waals surface area (Å²) < 4.78 is 14.3. The first-order valence-corrected chi connectivity index (χ1v) is 6.45. The van der Waals surface area contributed by atoms with Crippen LogP contribution in [-0.4, -0.2) is 20.0 Å². The fraction of sp³-hybridized carbons (Fsp3) is 0.167. The van der Waals surface area contributed by atoms with Crippen molar-refractivity contribution in [1.82, 2.24) is 20.0 Å². The van der Waals surface area contributed by atoms with E-state index in [0.717, 1.165) is 10.7 Å². The van der Waals surface area contributed by atoms with E-state index >= 15 is 0 Å². The molecule has 0 unspecified atom stereocenters. The summed E-state index contributed by atoms with van der Waals surface area (Å²) >= 11 is 1.46. The van der Waals surface area contributed by atoms with Crippen molar-refractivity contribution in [1.29, 1.82) is 0 Å². The average molecular weight is 276 g/mol. The van der Waals surface area contributed by atoms with Gasteiger partial charge in [-0.25, -0.2) is 14.1 Å². The van der Waals surface area contributed by atoms with E-state index in [0.29, 0.717) is 5.39 Å². The molecule has 0 aliphatic heterocycles. The molecule has 2 aromatic heterocycles. The Hall–Kier alpha value is -2.15. The topological polar surface area (TPSA) is 60.7 Å². The van der Waals surface area contributed by atoms with Crippen LogP contribution in [0.25, 0.3) is 10.9 Å². The standard InChI is InChI=1S/C12H9FN4OS/c1-7-6-19-11(14-7)5-17-12(18)9-3-2-8(13)4-10(9)15-16-17/h2-4,6H,5H2,1H3. The minimum Gasteiger partial charge on any atom is -0.267 e. The van der Waals surface area contributed by atoms with Gasteiger partial charge in [-0.3, -0.25) is 4.79 Å². The third kappa shape index (κ3) is 2.24. The van der Waals surface area contributed by atoms with Crippen LogP contribution in [0, 0.1) is 12.7 Å². The minimum atomic E-state index is -0.436. The van der Waals surface area contributed by atoms with E-state index in [-0.39, 0.29) is 17.6 Å². The molecule has 3 rings (SSSR count). The molecule has 96 valence electrons. The van der Waals surface area contributed by atoms with Crippen LogP contribution in [0.15, 0.2) is 28.4 Å². The molecule has 0 bridgehead atoms. The smallest absolute Gasteiger partial charge is 0.267 e. The van der Waals surface area contributed by atoms with Gasteiger partial charge < -0.3 is 0 Å². The van der Waals surface area contributed by atoms with E-state index in [1.54, 1.807) is 0 Å². The summed E-state index contributed by atoms with van der Waals surface area (Å²) in [6.45, 7) is 2.16. The van der Waals surface area contributed by atoms with Crippen LogP contribution < -0.4 is 5.56 Å². The Morgan fingerprint density at radius 3 is 3.00 bits per heavy atom. The number of aryl methyl sites for hydroxylation is 1. The summed E-state index contributed by atoms with van der Waals surface area (Å²) in [6.07, 6.45) is 0. The van der Waals surface area contributed by atoms with Crippen LogP contribution in [0.3, 0.4) is 0 Å². The molecule has 0 N–H and O–H groups in total. The molecular weight excluding hydrogens is 267 g/mol. The summed E-state index contributed by atoms with van der Waals surface area (Å²) in [5.41, 5.74) is 0.873. The second-order valence-corrected chi connectivity index (χ2v) is 5.04. The van der Waals surface area contributed by atoms with Crippen LogP contribution in [0.2, 0.25) is 0 Å². The molecule has 2 heterocycles. The molecule has 0 atom stereocenters. The van der Waals surface area contributed by atoms with Crippen molar-refractivity contribution in [2.75, 3.05) is 0 Å². The van der Waals surface area contributed by atoms with Crippen LogP contribution in [-0.2, 0) is 6.54 Å². The first kappa shape index (κ1) is 11.9. The molecule has 0 spiro atoms. The van der Waals surface area contributed by atoms with Crippen molar-refractivity contribution in [3.8, 4) is 0 Å². The van der Waals surface area contributed by atoms with Gasteiger partial charge in [0.1, 0.15) is 16.3 Å². The number of hydrogen-bond acceptors (Lipinski definition) is 5. The molecule has 19 heavy (non-hydrogen) atoms. The Kier molecular flexibility index (Phi) is 2.83. The summed E-state index contributed by atoms with van der Waals surface area (Å²) in [5, 5.41) is 10.7. The second kappa shape index (κ2) is 4.51. The largest absolute Gasteiger partial charge is 0.278 e. The van der Waals surface area contributed by atoms with Crippen LogP contribution >= 0.6 is 11.3 Å². The highest BCUT2D eigenvalue weighted by Gasteiger charge is 2.08. The third-order valence-corrected chi connectivity index (χ3v) is 3.59. The molecule has 1 aromatic carbocycles. The zero-order chi connectivity index (χ0) is 13.4. The number of thiazole rings is 1. The maximum Gasteiger partial charge on any atom is 0.278 e. The molecule has 0 saturated carbocycles. The van der Waals surface area contributed by atoms with Gasteiger partial charge in [0.25, 0.3) is 5.56 Å². The van der Waals surface area contributed by atoms with E-state index in [4.69, 9.17) is 0 Å². The number of aromatic nitrogens is 4. The van der Waals surface area contributed by atoms with Crippen LogP contribution in [0.4, 0.5) is 4.39 Å². The summed E-state index contributed by atoms with van der Waals surface area (Å²) in [6, 6.07) is 3.86. The monoisotopic (exact) mass is 276 g/mol. The first-order valence-electron chi connectivity index (χ1n) is 5.57. The Balaban J connectivity index is 2.08. The van der Waals surface area contributed by atoms with Crippen LogP contribution in [0.5, 0.6) is 0 Å². The Bertz CT molecular complexity index is 811. The van der Waals surface area contributed by atoms with Gasteiger partial charge in [0.2, 0.25) is 0 Å². The second-order valence-electron chi connectivity index (χ2n) is 4.10. The van der Waals surface area contributed by atoms with Gasteiger partial charge in [0.15, 0.2) is 0 Å². The van der Waals surface area contributed by atoms with Crippen molar-refractivity contribution in [3.05, 3.63) is 50.5 Å². The predicted octanol–water partition coefficient (Wildman–Crippen LogP) is 1.74. The number of hydrogen-bond donors (Lipinski definition) is 0. The number of benzene rings is 1. The lowest BCUT2D eigenvalue weighted by Crippen LogP contribution is -2.24. The fourth-order valence-electron chi connectivity index (χ4n) is 1.76. The molecule has 0 radical (unpaired) electrons. The highest BCUT2D eigenvalue weighted by atomic mass is 32.1. The molecule has 0 aliphatic rings. The third-order valence-electron chi connectivity index (χ3n) is 2.64. The number of fused-ring (bicyclic) bond motifs is 1. The van der Waals surface area contributed by atoms with Gasteiger partial charge in [0.05, 0.1) is 11.9 Å². The molecule has 3 aromatic rings. The first-order chi connectivity index (χ1) is 9.13. The summed E-state index contributed by atoms with van der Waals surface area (Å²) in [4.78, 5) is 16.4. The van der Waals surface area contributed by atoms with E-state index in [2.05, 4.69) is 15.3 Å². The van der Waals surface area contributed by atoms with Gasteiger partial charge in [0, 0.05) is 17.1 Å². The fourth-order valence-corrected chi connectivity index (χ4v) is 2.51. The molecule has 7 heteroatoms. The Morgan fingerprint density at radius 1 is 1.42 bits per heavy atom. The molecule has 0 fully saturated rings. The number of rotatable bonds is 2. The lowest BCUT2D eigenvalue weighted by molar-refractivity contribution is 0.595. The lowest BCUT2D eigenvalue weighted by Gasteiger charge is -2.02. The molecule has 0 amide bonds. The zero-order valence-corrected chi connectivity index (χ0v) is 10.8. The van der Waals surface area contributed by atoms with E-state index in [9.17, 15) is 9.18 Å². The van der Waals surface area contributed by atoms with Crippen molar-refractivity contribution in [2.45, 2.75) is 13.5 Å². The van der Waals surface area contributed by atoms with E-state index in [1.165, 1.54) is 34.2 Å². The number of halogens is 1. The van der Waals surface area contributed by atoms with Crippen LogP contribution in [0.1, 0.15) is 10.7 Å². The van der Waals surface area contributed by atoms with Crippen molar-refractivity contribution in [2.24, 2.45) is 0 Å². The molecule has 5 nitrogen and oxygen atoms in total. The summed E-state index contributed by atoms with van der Waals surface area (Å²) in [5.74, 6) is -0.436. The van der Waals surface area contributed by atoms with Crippen molar-refractivity contribution < 1.29 is 4.39 Å². The minimum absolute atomic E-state index is 0.261. The zero-order valence-electron chi connectivity index (χ0n) is 10.00. The normalized spacial score (nSPS) is 11.1. The van der Waals surface area contributed by atoms with Gasteiger partial charge in [-0.2, -0.15) is 0 Å². The number of nitrogens with zero attached hydrogens (tertiary/aromatic N) is 4. The van der Waals surface area contributed by atoms with E-state index < -0.39 is 5.82 Å². The molecule has 0 aliphatic carbocycles. The highest BCUT2D eigenvalue weighted by molar-refractivity contribution is 7.09. The maximum atomic E-state index is 13.0. The Morgan fingerprint density at radius 2 is 2.26 bits per heavy atom. The lowest BCUT2D eigenvalue weighted by atomic mass is 10.2. The molecular formula is C12H9FN4OS. The maximum absolute atomic E-state index is 13.0. The average Bonchev–Trinajstić information content (AvgIpc) is 2.78. The molecule has 0 saturated heterocycles. The predicted molar refractivity (Wildman–Crippen MR) is 69.7 cm³/mol. The Labute approximate surface area is 111 Å². The summed E-state index contributed by atoms with van der Waals surface area (Å²) in [7, 11) is 0. The quantitative estimate of drug-likeness (QED) is 0.715. The van der Waals surface area contributed by atoms with Gasteiger partial charge in [-0.15, -0.1) is 16.4 Å². The van der Waals surface area contributed by atoms with Crippen molar-refractivity contribution in [3.63, 3.8) is 0 Å². The SMILES string of the molecule is Cc1csc(Cn2nnc3cc(F)ccc3c2=O)n1. The van der Waals surface area contributed by atoms with Crippen molar-refractivity contribution >= 4 is 22.2 Å². The van der Waals surface area contributed by atoms with Gasteiger partial charge in [-0.05, 0) is 19.1 Å². The van der Waals surface area contributed by atoms with E-state index in [1.807, 2.05) is 12.3 Å². The highest BCUT2D eigenvalue weighted by Crippen LogP contribution is 2.11. The van der Waals surface area contributed by atoms with Gasteiger partial charge >= 0.3 is 0 Å².